The van der Waals surface area contributed by atoms with Gasteiger partial charge < -0.3 is 4.90 Å². The zero-order valence-electron chi connectivity index (χ0n) is 13.1. The van der Waals surface area contributed by atoms with E-state index in [1.807, 2.05) is 19.1 Å². The van der Waals surface area contributed by atoms with Crippen LogP contribution in [0.25, 0.3) is 0 Å². The Kier molecular flexibility index (Phi) is 5.28. The molecule has 1 unspecified atom stereocenters. The van der Waals surface area contributed by atoms with Gasteiger partial charge in [-0.25, -0.2) is 9.00 Å². The lowest BCUT2D eigenvalue weighted by atomic mass is 10.2. The number of halogens is 1. The van der Waals surface area contributed by atoms with Gasteiger partial charge in [-0.1, -0.05) is 29.3 Å². The number of amides is 2. The molecule has 0 aromatic heterocycles. The van der Waals surface area contributed by atoms with Crippen molar-refractivity contribution in [3.05, 3.63) is 59.1 Å². The number of rotatable bonds is 3. The third-order valence-electron chi connectivity index (χ3n) is 3.03. The Morgan fingerprint density at radius 2 is 1.65 bits per heavy atom. The molecular weight excluding hydrogens is 334 g/mol. The molecule has 2 amide bonds. The molecular formula is C16H18ClN3O2S. The summed E-state index contributed by atoms with van der Waals surface area (Å²) in [5.41, 5.74) is 1.59. The molecule has 0 fully saturated rings. The zero-order valence-corrected chi connectivity index (χ0v) is 14.7. The molecule has 0 heterocycles. The maximum Gasteiger partial charge on any atom is 0.352 e. The summed E-state index contributed by atoms with van der Waals surface area (Å²) >= 11 is 5.86. The summed E-state index contributed by atoms with van der Waals surface area (Å²) in [6.07, 6.45) is 0. The molecule has 122 valence electrons. The molecule has 0 radical (unpaired) electrons. The summed E-state index contributed by atoms with van der Waals surface area (Å²) in [5, 5.41) is 0.568. The fraction of sp³-hybridized carbons (Fsp3) is 0.188. The third kappa shape index (κ3) is 4.46. The molecule has 2 aromatic rings. The Morgan fingerprint density at radius 3 is 2.17 bits per heavy atom. The zero-order chi connectivity index (χ0) is 17.0. The van der Waals surface area contributed by atoms with Crippen molar-refractivity contribution >= 4 is 33.2 Å². The second-order valence-electron chi connectivity index (χ2n) is 5.22. The predicted octanol–water partition coefficient (Wildman–Crippen LogP) is 4.18. The molecule has 0 aliphatic heterocycles. The maximum atomic E-state index is 13.3. The summed E-state index contributed by atoms with van der Waals surface area (Å²) in [6, 6.07) is 13.2. The van der Waals surface area contributed by atoms with Crippen molar-refractivity contribution in [3.63, 3.8) is 0 Å². The third-order valence-corrected chi connectivity index (χ3v) is 5.12. The highest BCUT2D eigenvalue weighted by Gasteiger charge is 2.16. The van der Waals surface area contributed by atoms with Gasteiger partial charge in [-0.15, -0.1) is 4.36 Å². The van der Waals surface area contributed by atoms with Crippen molar-refractivity contribution < 1.29 is 9.00 Å². The number of nitrogens with zero attached hydrogens (tertiary/aromatic N) is 2. The van der Waals surface area contributed by atoms with Gasteiger partial charge in [-0.2, -0.15) is 0 Å². The highest BCUT2D eigenvalue weighted by Crippen LogP contribution is 2.21. The molecule has 5 nitrogen and oxygen atoms in total. The number of aryl methyl sites for hydroxylation is 1. The van der Waals surface area contributed by atoms with E-state index in [9.17, 15) is 9.00 Å². The molecule has 0 bridgehead atoms. The Balaban J connectivity index is 2.51. The van der Waals surface area contributed by atoms with Crippen molar-refractivity contribution in [1.82, 2.24) is 4.90 Å². The molecule has 2 aromatic carbocycles. The van der Waals surface area contributed by atoms with E-state index in [2.05, 4.69) is 9.08 Å². The number of anilines is 1. The summed E-state index contributed by atoms with van der Waals surface area (Å²) in [6.45, 7) is 1.93. The summed E-state index contributed by atoms with van der Waals surface area (Å²) < 4.78 is 20.1. The van der Waals surface area contributed by atoms with Gasteiger partial charge in [0, 0.05) is 24.8 Å². The number of carbonyl (C=O) groups excluding carboxylic acids is 1. The molecule has 1 N–H and O–H groups in total. The first kappa shape index (κ1) is 17.3. The van der Waals surface area contributed by atoms with Crippen LogP contribution >= 0.6 is 11.6 Å². The molecule has 0 aliphatic rings. The van der Waals surface area contributed by atoms with E-state index in [1.165, 1.54) is 4.90 Å². The molecule has 0 aliphatic carbocycles. The highest BCUT2D eigenvalue weighted by atomic mass is 35.5. The lowest BCUT2D eigenvalue weighted by Crippen LogP contribution is -2.22. The SMILES string of the molecule is Cc1ccc(S(=O)(=NC(=O)N(C)C)Nc2ccc(Cl)cc2)cc1. The monoisotopic (exact) mass is 351 g/mol. The highest BCUT2D eigenvalue weighted by molar-refractivity contribution is 7.95. The van der Waals surface area contributed by atoms with Crippen LogP contribution in [-0.2, 0) is 9.92 Å². The van der Waals surface area contributed by atoms with Crippen molar-refractivity contribution in [1.29, 1.82) is 0 Å². The normalized spacial score (nSPS) is 13.0. The Bertz CT molecular complexity index is 808. The van der Waals surface area contributed by atoms with E-state index in [1.54, 1.807) is 50.5 Å². The lowest BCUT2D eigenvalue weighted by Gasteiger charge is -2.15. The van der Waals surface area contributed by atoms with Crippen LogP contribution in [0.15, 0.2) is 57.8 Å². The molecule has 1 atom stereocenters. The van der Waals surface area contributed by atoms with E-state index in [0.717, 1.165) is 5.56 Å². The molecule has 0 saturated heterocycles. The Morgan fingerprint density at radius 1 is 1.09 bits per heavy atom. The van der Waals surface area contributed by atoms with Crippen LogP contribution in [0.3, 0.4) is 0 Å². The van der Waals surface area contributed by atoms with Crippen molar-refractivity contribution in [2.24, 2.45) is 4.36 Å². The van der Waals surface area contributed by atoms with E-state index in [4.69, 9.17) is 11.6 Å². The van der Waals surface area contributed by atoms with Gasteiger partial charge in [0.25, 0.3) is 0 Å². The number of carbonyl (C=O) groups is 1. The number of nitrogens with one attached hydrogen (secondary N) is 1. The summed E-state index contributed by atoms with van der Waals surface area (Å²) in [5.74, 6) is 0. The minimum absolute atomic E-state index is 0.438. The van der Waals surface area contributed by atoms with Gasteiger partial charge in [0.05, 0.1) is 4.90 Å². The number of urea groups is 1. The van der Waals surface area contributed by atoms with Crippen molar-refractivity contribution in [3.8, 4) is 0 Å². The molecule has 0 saturated carbocycles. The van der Waals surface area contributed by atoms with Crippen molar-refractivity contribution in [2.75, 3.05) is 18.8 Å². The van der Waals surface area contributed by atoms with Crippen LogP contribution in [0, 0.1) is 6.92 Å². The van der Waals surface area contributed by atoms with Gasteiger partial charge in [0.2, 0.25) is 0 Å². The van der Waals surface area contributed by atoms with Crippen LogP contribution in [0.4, 0.5) is 10.5 Å². The van der Waals surface area contributed by atoms with E-state index < -0.39 is 15.9 Å². The Hall–Kier alpha value is -2.05. The fourth-order valence-electron chi connectivity index (χ4n) is 1.73. The van der Waals surface area contributed by atoms with Gasteiger partial charge >= 0.3 is 6.03 Å². The van der Waals surface area contributed by atoms with Crippen LogP contribution in [0.1, 0.15) is 5.56 Å². The number of hydrogen-bond donors (Lipinski definition) is 1. The van der Waals surface area contributed by atoms with Crippen LogP contribution in [0.5, 0.6) is 0 Å². The smallest absolute Gasteiger partial charge is 0.328 e. The minimum Gasteiger partial charge on any atom is -0.328 e. The van der Waals surface area contributed by atoms with Crippen LogP contribution in [-0.4, -0.2) is 29.2 Å². The second kappa shape index (κ2) is 7.02. The molecule has 2 rings (SSSR count). The van der Waals surface area contributed by atoms with Gasteiger partial charge in [0.15, 0.2) is 9.92 Å². The average molecular weight is 352 g/mol. The first-order chi connectivity index (χ1) is 10.8. The van der Waals surface area contributed by atoms with Crippen LogP contribution in [0.2, 0.25) is 5.02 Å². The van der Waals surface area contributed by atoms with Gasteiger partial charge in [-0.05, 0) is 43.3 Å². The second-order valence-corrected chi connectivity index (χ2v) is 7.56. The summed E-state index contributed by atoms with van der Waals surface area (Å²) in [7, 11) is -0.0366. The predicted molar refractivity (Wildman–Crippen MR) is 94.2 cm³/mol. The van der Waals surface area contributed by atoms with E-state index >= 15 is 0 Å². The van der Waals surface area contributed by atoms with E-state index in [-0.39, 0.29) is 0 Å². The fourth-order valence-corrected chi connectivity index (χ4v) is 3.47. The first-order valence-electron chi connectivity index (χ1n) is 6.88. The lowest BCUT2D eigenvalue weighted by molar-refractivity contribution is 0.227. The molecule has 0 spiro atoms. The topological polar surface area (TPSA) is 61.8 Å². The van der Waals surface area contributed by atoms with Crippen LogP contribution < -0.4 is 4.72 Å². The average Bonchev–Trinajstić information content (AvgIpc) is 2.50. The Labute approximate surface area is 141 Å². The molecule has 7 heteroatoms. The summed E-state index contributed by atoms with van der Waals surface area (Å²) in [4.78, 5) is 13.7. The molecule has 23 heavy (non-hydrogen) atoms. The van der Waals surface area contributed by atoms with Gasteiger partial charge in [-0.3, -0.25) is 4.72 Å². The standard InChI is InChI=1S/C16H18ClN3O2S/c1-12-4-10-15(11-5-12)23(22,19-16(21)20(2)3)18-14-8-6-13(17)7-9-14/h4-11H,1-3H3,(H,18,19,21,22). The van der Waals surface area contributed by atoms with Gasteiger partial charge in [0.1, 0.15) is 0 Å². The maximum absolute atomic E-state index is 13.3. The minimum atomic E-state index is -3.15. The first-order valence-corrected chi connectivity index (χ1v) is 8.78. The van der Waals surface area contributed by atoms with Crippen molar-refractivity contribution in [2.45, 2.75) is 11.8 Å². The number of hydrogen-bond acceptors (Lipinski definition) is 2. The number of benzene rings is 2. The largest absolute Gasteiger partial charge is 0.352 e. The van der Waals surface area contributed by atoms with E-state index in [0.29, 0.717) is 15.6 Å². The quantitative estimate of drug-likeness (QED) is 0.901.